The van der Waals surface area contributed by atoms with Gasteiger partial charge in [0.05, 0.1) is 23.7 Å². The Morgan fingerprint density at radius 3 is 2.80 bits per heavy atom. The summed E-state index contributed by atoms with van der Waals surface area (Å²) >= 11 is 0. The number of nitrogens with zero attached hydrogens (tertiary/aromatic N) is 1. The predicted molar refractivity (Wildman–Crippen MR) is 71.3 cm³/mol. The van der Waals surface area contributed by atoms with Crippen molar-refractivity contribution in [3.63, 3.8) is 0 Å². The number of amides is 1. The van der Waals surface area contributed by atoms with Crippen LogP contribution in [0.4, 0.5) is 0 Å². The fraction of sp³-hybridized carbons (Fsp3) is 0.667. The third kappa shape index (κ3) is 3.01. The number of hydrogen-bond acceptors (Lipinski definition) is 6. The van der Waals surface area contributed by atoms with Crippen LogP contribution >= 0.6 is 0 Å². The molecule has 1 aromatic rings. The number of rotatable bonds is 4. The molecule has 1 aliphatic heterocycles. The summed E-state index contributed by atoms with van der Waals surface area (Å²) in [4.78, 5) is 16.1. The molecule has 112 valence electrons. The number of carbonyl (C=O) groups excluding carboxylic acids is 1. The summed E-state index contributed by atoms with van der Waals surface area (Å²) in [5, 5.41) is 2.67. The van der Waals surface area contributed by atoms with Crippen LogP contribution in [0.5, 0.6) is 0 Å². The average Bonchev–Trinajstić information content (AvgIpc) is 2.93. The summed E-state index contributed by atoms with van der Waals surface area (Å²) < 4.78 is 33.5. The smallest absolute Gasteiger partial charge is 0.273 e. The molecule has 1 amide bonds. The lowest BCUT2D eigenvalue weighted by Crippen LogP contribution is -2.43. The van der Waals surface area contributed by atoms with Gasteiger partial charge in [0, 0.05) is 13.0 Å². The van der Waals surface area contributed by atoms with E-state index in [2.05, 4.69) is 10.3 Å². The first-order valence-corrected chi connectivity index (χ1v) is 8.13. The van der Waals surface area contributed by atoms with E-state index in [1.165, 1.54) is 13.5 Å². The molecule has 0 saturated carbocycles. The van der Waals surface area contributed by atoms with Gasteiger partial charge in [-0.3, -0.25) is 4.79 Å². The molecule has 1 N–H and O–H groups in total. The first-order valence-electron chi connectivity index (χ1n) is 6.31. The van der Waals surface area contributed by atoms with E-state index in [1.54, 1.807) is 0 Å². The lowest BCUT2D eigenvalue weighted by atomic mass is 10.1. The van der Waals surface area contributed by atoms with Gasteiger partial charge in [-0.05, 0) is 0 Å². The molecule has 2 heterocycles. The Morgan fingerprint density at radius 1 is 1.50 bits per heavy atom. The van der Waals surface area contributed by atoms with E-state index in [-0.39, 0.29) is 23.1 Å². The number of aromatic nitrogens is 1. The summed E-state index contributed by atoms with van der Waals surface area (Å²) in [5.41, 5.74) is 0.194. The molecule has 2 rings (SSSR count). The molecule has 1 aromatic heterocycles. The van der Waals surface area contributed by atoms with E-state index < -0.39 is 27.9 Å². The van der Waals surface area contributed by atoms with E-state index in [1.807, 2.05) is 13.8 Å². The minimum Gasteiger partial charge on any atom is -0.447 e. The second-order valence-corrected chi connectivity index (χ2v) is 7.30. The number of oxazole rings is 1. The maximum Gasteiger partial charge on any atom is 0.273 e. The van der Waals surface area contributed by atoms with E-state index >= 15 is 0 Å². The van der Waals surface area contributed by atoms with Crippen LogP contribution in [0.2, 0.25) is 0 Å². The Hall–Kier alpha value is -1.41. The first kappa shape index (κ1) is 15.0. The number of nitrogens with one attached hydrogen (secondary N) is 1. The quantitative estimate of drug-likeness (QED) is 0.861. The molecule has 20 heavy (non-hydrogen) atoms. The molecule has 0 aromatic carbocycles. The first-order chi connectivity index (χ1) is 9.34. The van der Waals surface area contributed by atoms with Gasteiger partial charge >= 0.3 is 0 Å². The van der Waals surface area contributed by atoms with Gasteiger partial charge in [-0.15, -0.1) is 0 Å². The second-order valence-electron chi connectivity index (χ2n) is 5.15. The summed E-state index contributed by atoms with van der Waals surface area (Å²) in [5.74, 6) is -0.135. The number of ether oxygens (including phenoxy) is 1. The molecule has 7 nitrogen and oxygen atoms in total. The van der Waals surface area contributed by atoms with E-state index in [4.69, 9.17) is 9.15 Å². The second kappa shape index (κ2) is 5.53. The highest BCUT2D eigenvalue weighted by atomic mass is 32.2. The van der Waals surface area contributed by atoms with E-state index in [0.29, 0.717) is 5.76 Å². The SMILES string of the molecule is COC1CS(=O)(=O)CC1NC(=O)c1ncoc1C(C)C. The highest BCUT2D eigenvalue weighted by molar-refractivity contribution is 7.91. The minimum absolute atomic E-state index is 0.0174. The van der Waals surface area contributed by atoms with Crippen molar-refractivity contribution in [1.29, 1.82) is 0 Å². The predicted octanol–water partition coefficient (Wildman–Crippen LogP) is 0.340. The number of methoxy groups -OCH3 is 1. The summed E-state index contributed by atoms with van der Waals surface area (Å²) in [6.07, 6.45) is 0.682. The molecule has 8 heteroatoms. The van der Waals surface area contributed by atoms with Crippen molar-refractivity contribution in [2.75, 3.05) is 18.6 Å². The molecule has 2 unspecified atom stereocenters. The molecule has 0 bridgehead atoms. The van der Waals surface area contributed by atoms with Crippen LogP contribution in [0.3, 0.4) is 0 Å². The third-order valence-electron chi connectivity index (χ3n) is 3.25. The van der Waals surface area contributed by atoms with Crippen LogP contribution in [0.1, 0.15) is 36.0 Å². The molecule has 1 saturated heterocycles. The maximum atomic E-state index is 12.2. The molecular weight excluding hydrogens is 284 g/mol. The normalized spacial score (nSPS) is 25.0. The lowest BCUT2D eigenvalue weighted by Gasteiger charge is -2.17. The van der Waals surface area contributed by atoms with Gasteiger partial charge < -0.3 is 14.5 Å². The van der Waals surface area contributed by atoms with Gasteiger partial charge in [0.1, 0.15) is 5.76 Å². The molecule has 1 fully saturated rings. The van der Waals surface area contributed by atoms with Gasteiger partial charge in [0.25, 0.3) is 5.91 Å². The zero-order valence-electron chi connectivity index (χ0n) is 11.6. The standard InChI is InChI=1S/C12H18N2O5S/c1-7(2)11-10(13-6-19-11)12(15)14-8-4-20(16,17)5-9(8)18-3/h6-9H,4-5H2,1-3H3,(H,14,15). The van der Waals surface area contributed by atoms with Crippen LogP contribution in [0.15, 0.2) is 10.8 Å². The summed E-state index contributed by atoms with van der Waals surface area (Å²) in [6, 6.07) is -0.561. The van der Waals surface area contributed by atoms with Crippen molar-refractivity contribution in [2.45, 2.75) is 31.9 Å². The maximum absolute atomic E-state index is 12.2. The highest BCUT2D eigenvalue weighted by Crippen LogP contribution is 2.20. The number of carbonyl (C=O) groups is 1. The van der Waals surface area contributed by atoms with Crippen LogP contribution in [-0.4, -0.2) is 50.1 Å². The highest BCUT2D eigenvalue weighted by Gasteiger charge is 2.39. The topological polar surface area (TPSA) is 98.5 Å². The zero-order chi connectivity index (χ0) is 14.9. The Kier molecular flexibility index (Phi) is 4.14. The van der Waals surface area contributed by atoms with Crippen molar-refractivity contribution in [2.24, 2.45) is 0 Å². The van der Waals surface area contributed by atoms with Crippen molar-refractivity contribution in [1.82, 2.24) is 10.3 Å². The van der Waals surface area contributed by atoms with Crippen LogP contribution in [0.25, 0.3) is 0 Å². The minimum atomic E-state index is -3.18. The fourth-order valence-corrected chi connectivity index (χ4v) is 4.10. The molecular formula is C12H18N2O5S. The molecule has 2 atom stereocenters. The van der Waals surface area contributed by atoms with Crippen LogP contribution < -0.4 is 5.32 Å². The van der Waals surface area contributed by atoms with Gasteiger partial charge in [0.15, 0.2) is 21.9 Å². The molecule has 1 aliphatic rings. The van der Waals surface area contributed by atoms with Gasteiger partial charge in [0.2, 0.25) is 0 Å². The van der Waals surface area contributed by atoms with Gasteiger partial charge in [-0.1, -0.05) is 13.8 Å². The third-order valence-corrected chi connectivity index (χ3v) is 4.96. The molecule has 0 spiro atoms. The Morgan fingerprint density at radius 2 is 2.20 bits per heavy atom. The average molecular weight is 302 g/mol. The Bertz CT molecular complexity index is 593. The fourth-order valence-electron chi connectivity index (χ4n) is 2.25. The monoisotopic (exact) mass is 302 g/mol. The summed E-state index contributed by atoms with van der Waals surface area (Å²) in [6.45, 7) is 3.77. The van der Waals surface area contributed by atoms with E-state index in [9.17, 15) is 13.2 Å². The van der Waals surface area contributed by atoms with Crippen molar-refractivity contribution < 1.29 is 22.4 Å². The van der Waals surface area contributed by atoms with Crippen LogP contribution in [0, 0.1) is 0 Å². The van der Waals surface area contributed by atoms with Crippen LogP contribution in [-0.2, 0) is 14.6 Å². The largest absolute Gasteiger partial charge is 0.447 e. The van der Waals surface area contributed by atoms with Gasteiger partial charge in [-0.2, -0.15) is 0 Å². The van der Waals surface area contributed by atoms with Gasteiger partial charge in [-0.25, -0.2) is 13.4 Å². The lowest BCUT2D eigenvalue weighted by molar-refractivity contribution is 0.0781. The molecule has 0 radical (unpaired) electrons. The Labute approximate surface area is 117 Å². The Balaban J connectivity index is 2.13. The van der Waals surface area contributed by atoms with Crippen molar-refractivity contribution >= 4 is 15.7 Å². The summed E-state index contributed by atoms with van der Waals surface area (Å²) in [7, 11) is -1.75. The number of hydrogen-bond donors (Lipinski definition) is 1. The molecule has 0 aliphatic carbocycles. The van der Waals surface area contributed by atoms with E-state index in [0.717, 1.165) is 0 Å². The van der Waals surface area contributed by atoms with Crippen molar-refractivity contribution in [3.05, 3.63) is 17.8 Å². The number of sulfone groups is 1. The zero-order valence-corrected chi connectivity index (χ0v) is 12.4. The van der Waals surface area contributed by atoms with Crippen molar-refractivity contribution in [3.8, 4) is 0 Å².